The van der Waals surface area contributed by atoms with E-state index in [1.54, 1.807) is 0 Å². The molecule has 5 heteroatoms. The number of carboxylic acid groups (broad SMARTS) is 1. The zero-order valence-electron chi connectivity index (χ0n) is 12.6. The average Bonchev–Trinajstić information content (AvgIpc) is 2.50. The maximum Gasteiger partial charge on any atom is 0.330 e. The monoisotopic (exact) mass is 298 g/mol. The zero-order valence-corrected chi connectivity index (χ0v) is 12.6. The Hall–Kier alpha value is -1.36. The Bertz CT molecular complexity index is 332. The number of unbranched alkanes of at least 4 members (excludes halogenated alkanes) is 3. The summed E-state index contributed by atoms with van der Waals surface area (Å²) in [6, 6.07) is 0. The molecule has 21 heavy (non-hydrogen) atoms. The molecule has 120 valence electrons. The van der Waals surface area contributed by atoms with Crippen molar-refractivity contribution in [3.8, 4) is 0 Å². The fourth-order valence-corrected chi connectivity index (χ4v) is 2.52. The van der Waals surface area contributed by atoms with Crippen LogP contribution in [-0.2, 0) is 19.1 Å². The first kappa shape index (κ1) is 17.7. The first-order chi connectivity index (χ1) is 10.1. The highest BCUT2D eigenvalue weighted by Gasteiger charge is 2.25. The van der Waals surface area contributed by atoms with E-state index in [0.29, 0.717) is 6.61 Å². The van der Waals surface area contributed by atoms with Gasteiger partial charge < -0.3 is 14.6 Å². The van der Waals surface area contributed by atoms with Crippen LogP contribution >= 0.6 is 0 Å². The largest absolute Gasteiger partial charge is 0.481 e. The molecule has 0 aromatic rings. The smallest absolute Gasteiger partial charge is 0.330 e. The lowest BCUT2D eigenvalue weighted by Crippen LogP contribution is -2.26. The second-order valence-corrected chi connectivity index (χ2v) is 5.47. The van der Waals surface area contributed by atoms with E-state index in [1.165, 1.54) is 6.08 Å². The molecule has 0 aliphatic heterocycles. The summed E-state index contributed by atoms with van der Waals surface area (Å²) in [7, 11) is 0. The van der Waals surface area contributed by atoms with Gasteiger partial charge in [0.15, 0.2) is 0 Å². The number of carbonyl (C=O) groups excluding carboxylic acids is 1. The quantitative estimate of drug-likeness (QED) is 0.381. The topological polar surface area (TPSA) is 72.8 Å². The molecular weight excluding hydrogens is 272 g/mol. The van der Waals surface area contributed by atoms with Gasteiger partial charge in [0.25, 0.3) is 0 Å². The molecule has 1 aliphatic rings. The lowest BCUT2D eigenvalue weighted by molar-refractivity contribution is -0.144. The summed E-state index contributed by atoms with van der Waals surface area (Å²) < 4.78 is 10.7. The molecule has 0 amide bonds. The number of esters is 1. The van der Waals surface area contributed by atoms with Crippen molar-refractivity contribution in [1.82, 2.24) is 0 Å². The van der Waals surface area contributed by atoms with Gasteiger partial charge in [-0.3, -0.25) is 4.79 Å². The van der Waals surface area contributed by atoms with E-state index >= 15 is 0 Å². The molecule has 0 aromatic heterocycles. The van der Waals surface area contributed by atoms with Crippen LogP contribution < -0.4 is 0 Å². The standard InChI is InChI=1S/C16H26O5/c1-2-15(17)21-12-6-4-3-5-11-20-14-9-7-13(8-10-14)16(18)19/h2,13-14H,1,3-12H2,(H,18,19). The van der Waals surface area contributed by atoms with Crippen molar-refractivity contribution in [2.24, 2.45) is 5.92 Å². The van der Waals surface area contributed by atoms with Gasteiger partial charge in [0.1, 0.15) is 0 Å². The van der Waals surface area contributed by atoms with Crippen LogP contribution in [0.25, 0.3) is 0 Å². The predicted octanol–water partition coefficient (Wildman–Crippen LogP) is 2.94. The molecule has 1 aliphatic carbocycles. The number of carboxylic acids is 1. The van der Waals surface area contributed by atoms with Crippen LogP contribution in [0.1, 0.15) is 51.4 Å². The van der Waals surface area contributed by atoms with Crippen LogP contribution in [0.3, 0.4) is 0 Å². The number of hydrogen-bond donors (Lipinski definition) is 1. The Kier molecular flexibility index (Phi) is 8.74. The fourth-order valence-electron chi connectivity index (χ4n) is 2.52. The minimum absolute atomic E-state index is 0.178. The number of carbonyl (C=O) groups is 2. The molecule has 1 rings (SSSR count). The molecule has 0 radical (unpaired) electrons. The lowest BCUT2D eigenvalue weighted by atomic mass is 9.87. The van der Waals surface area contributed by atoms with Gasteiger partial charge in [-0.05, 0) is 44.9 Å². The first-order valence-corrected chi connectivity index (χ1v) is 7.77. The molecular formula is C16H26O5. The molecule has 1 saturated carbocycles. The Morgan fingerprint density at radius 2 is 1.67 bits per heavy atom. The summed E-state index contributed by atoms with van der Waals surface area (Å²) in [5, 5.41) is 8.91. The Morgan fingerprint density at radius 1 is 1.05 bits per heavy atom. The molecule has 0 saturated heterocycles. The molecule has 5 nitrogen and oxygen atoms in total. The minimum Gasteiger partial charge on any atom is -0.481 e. The number of rotatable bonds is 10. The van der Waals surface area contributed by atoms with Gasteiger partial charge in [0.2, 0.25) is 0 Å². The van der Waals surface area contributed by atoms with E-state index in [0.717, 1.165) is 58.0 Å². The maximum absolute atomic E-state index is 10.8. The van der Waals surface area contributed by atoms with Crippen molar-refractivity contribution in [3.63, 3.8) is 0 Å². The van der Waals surface area contributed by atoms with E-state index in [4.69, 9.17) is 14.6 Å². The van der Waals surface area contributed by atoms with E-state index in [9.17, 15) is 9.59 Å². The van der Waals surface area contributed by atoms with Crippen LogP contribution in [0.5, 0.6) is 0 Å². The van der Waals surface area contributed by atoms with Gasteiger partial charge in [0, 0.05) is 12.7 Å². The van der Waals surface area contributed by atoms with Crippen LogP contribution in [0.2, 0.25) is 0 Å². The average molecular weight is 298 g/mol. The van der Waals surface area contributed by atoms with Gasteiger partial charge in [0.05, 0.1) is 18.6 Å². The van der Waals surface area contributed by atoms with E-state index in [1.807, 2.05) is 0 Å². The number of ether oxygens (including phenoxy) is 2. The summed E-state index contributed by atoms with van der Waals surface area (Å²) in [6.45, 7) is 4.52. The second kappa shape index (κ2) is 10.4. The van der Waals surface area contributed by atoms with Crippen molar-refractivity contribution in [3.05, 3.63) is 12.7 Å². The maximum atomic E-state index is 10.8. The first-order valence-electron chi connectivity index (χ1n) is 7.77. The van der Waals surface area contributed by atoms with Gasteiger partial charge >= 0.3 is 11.9 Å². The molecule has 0 aromatic carbocycles. The highest BCUT2D eigenvalue weighted by Crippen LogP contribution is 2.26. The van der Waals surface area contributed by atoms with E-state index in [2.05, 4.69) is 6.58 Å². The van der Waals surface area contributed by atoms with Crippen LogP contribution in [-0.4, -0.2) is 36.4 Å². The van der Waals surface area contributed by atoms with Crippen molar-refractivity contribution >= 4 is 11.9 Å². The second-order valence-electron chi connectivity index (χ2n) is 5.47. The molecule has 0 atom stereocenters. The summed E-state index contributed by atoms with van der Waals surface area (Å²) >= 11 is 0. The highest BCUT2D eigenvalue weighted by molar-refractivity contribution is 5.81. The number of hydrogen-bond acceptors (Lipinski definition) is 4. The molecule has 1 fully saturated rings. The molecule has 0 heterocycles. The third kappa shape index (κ3) is 7.85. The van der Waals surface area contributed by atoms with E-state index < -0.39 is 5.97 Å². The summed E-state index contributed by atoms with van der Waals surface area (Å²) in [6.07, 6.45) is 8.50. The van der Waals surface area contributed by atoms with Crippen LogP contribution in [0.4, 0.5) is 0 Å². The minimum atomic E-state index is -0.675. The predicted molar refractivity (Wildman–Crippen MR) is 79.0 cm³/mol. The third-order valence-electron chi connectivity index (χ3n) is 3.83. The SMILES string of the molecule is C=CC(=O)OCCCCCCOC1CCC(C(=O)O)CC1. The normalized spacial score (nSPS) is 21.7. The summed E-state index contributed by atoms with van der Waals surface area (Å²) in [5.41, 5.74) is 0. The number of aliphatic carboxylic acids is 1. The van der Waals surface area contributed by atoms with Crippen molar-refractivity contribution in [2.75, 3.05) is 13.2 Å². The van der Waals surface area contributed by atoms with Gasteiger partial charge in [-0.2, -0.15) is 0 Å². The molecule has 0 bridgehead atoms. The van der Waals surface area contributed by atoms with Crippen LogP contribution in [0.15, 0.2) is 12.7 Å². The Morgan fingerprint density at radius 3 is 2.24 bits per heavy atom. The third-order valence-corrected chi connectivity index (χ3v) is 3.83. The van der Waals surface area contributed by atoms with Gasteiger partial charge in [-0.1, -0.05) is 13.0 Å². The zero-order chi connectivity index (χ0) is 15.5. The summed E-state index contributed by atoms with van der Waals surface area (Å²) in [4.78, 5) is 21.6. The Balaban J connectivity index is 1.90. The summed E-state index contributed by atoms with van der Waals surface area (Å²) in [5.74, 6) is -1.22. The van der Waals surface area contributed by atoms with Gasteiger partial charge in [-0.25, -0.2) is 4.79 Å². The van der Waals surface area contributed by atoms with Crippen molar-refractivity contribution in [1.29, 1.82) is 0 Å². The Labute approximate surface area is 126 Å². The van der Waals surface area contributed by atoms with Gasteiger partial charge in [-0.15, -0.1) is 0 Å². The molecule has 0 spiro atoms. The highest BCUT2D eigenvalue weighted by atomic mass is 16.5. The lowest BCUT2D eigenvalue weighted by Gasteiger charge is -2.26. The van der Waals surface area contributed by atoms with Crippen LogP contribution in [0, 0.1) is 5.92 Å². The molecule has 1 N–H and O–H groups in total. The van der Waals surface area contributed by atoms with Crippen molar-refractivity contribution < 1.29 is 24.2 Å². The fraction of sp³-hybridized carbons (Fsp3) is 0.750. The van der Waals surface area contributed by atoms with Crippen molar-refractivity contribution in [2.45, 2.75) is 57.5 Å². The van der Waals surface area contributed by atoms with E-state index in [-0.39, 0.29) is 18.0 Å². The molecule has 0 unspecified atom stereocenters.